The van der Waals surface area contributed by atoms with E-state index in [9.17, 15) is 4.79 Å². The number of rotatable bonds is 6. The average Bonchev–Trinajstić information content (AvgIpc) is 3.16. The molecule has 0 bridgehead atoms. The van der Waals surface area contributed by atoms with Crippen LogP contribution in [0.1, 0.15) is 41.4 Å². The molecule has 134 valence electrons. The smallest absolute Gasteiger partial charge is 0.253 e. The minimum Gasteiger partial charge on any atom is -0.494 e. The number of imidazole rings is 1. The third-order valence-corrected chi connectivity index (χ3v) is 4.20. The van der Waals surface area contributed by atoms with Crippen LogP contribution in [0.2, 0.25) is 0 Å². The number of hydrogen-bond acceptors (Lipinski definition) is 3. The zero-order chi connectivity index (χ0) is 18.5. The summed E-state index contributed by atoms with van der Waals surface area (Å²) in [4.78, 5) is 17.0. The van der Waals surface area contributed by atoms with Crippen molar-refractivity contribution in [1.29, 1.82) is 0 Å². The number of nitrogens with one attached hydrogen (secondary N) is 1. The van der Waals surface area contributed by atoms with Gasteiger partial charge in [0.05, 0.1) is 30.2 Å². The third kappa shape index (κ3) is 3.94. The number of hydrogen-bond donors (Lipinski definition) is 1. The van der Waals surface area contributed by atoms with Gasteiger partial charge in [-0.2, -0.15) is 0 Å². The lowest BCUT2D eigenvalue weighted by Gasteiger charge is -2.17. The zero-order valence-electron chi connectivity index (χ0n) is 15.3. The molecule has 1 unspecified atom stereocenters. The molecule has 1 aromatic heterocycles. The van der Waals surface area contributed by atoms with E-state index < -0.39 is 0 Å². The highest BCUT2D eigenvalue weighted by Gasteiger charge is 2.16. The van der Waals surface area contributed by atoms with Crippen LogP contribution >= 0.6 is 0 Å². The average molecular weight is 349 g/mol. The Kier molecular flexibility index (Phi) is 5.37. The van der Waals surface area contributed by atoms with E-state index >= 15 is 0 Å². The van der Waals surface area contributed by atoms with Crippen LogP contribution in [0, 0.1) is 6.92 Å². The minimum absolute atomic E-state index is 0.119. The molecular formula is C21H23N3O2. The van der Waals surface area contributed by atoms with Gasteiger partial charge in [0, 0.05) is 12.4 Å². The molecule has 1 N–H and O–H groups in total. The predicted octanol–water partition coefficient (Wildman–Crippen LogP) is 4.07. The SMILES string of the molecule is CCOc1cccc(C(C)NC(=O)c2cc(C)ccc2-n2ccnc2)c1. The molecule has 0 fully saturated rings. The molecule has 1 heterocycles. The van der Waals surface area contributed by atoms with Gasteiger partial charge in [-0.1, -0.05) is 23.8 Å². The van der Waals surface area contributed by atoms with Gasteiger partial charge < -0.3 is 14.6 Å². The Morgan fingerprint density at radius 3 is 2.85 bits per heavy atom. The molecule has 0 aliphatic heterocycles. The van der Waals surface area contributed by atoms with Gasteiger partial charge in [-0.3, -0.25) is 4.79 Å². The number of carbonyl (C=O) groups excluding carboxylic acids is 1. The first-order chi connectivity index (χ1) is 12.6. The summed E-state index contributed by atoms with van der Waals surface area (Å²) < 4.78 is 7.39. The Bertz CT molecular complexity index is 888. The molecule has 5 nitrogen and oxygen atoms in total. The van der Waals surface area contributed by atoms with Crippen molar-refractivity contribution >= 4 is 5.91 Å². The molecule has 3 rings (SSSR count). The van der Waals surface area contributed by atoms with Gasteiger partial charge >= 0.3 is 0 Å². The van der Waals surface area contributed by atoms with Gasteiger partial charge in [0.2, 0.25) is 0 Å². The maximum absolute atomic E-state index is 12.9. The van der Waals surface area contributed by atoms with Crippen molar-refractivity contribution in [1.82, 2.24) is 14.9 Å². The third-order valence-electron chi connectivity index (χ3n) is 4.20. The van der Waals surface area contributed by atoms with E-state index in [2.05, 4.69) is 10.3 Å². The summed E-state index contributed by atoms with van der Waals surface area (Å²) in [6.45, 7) is 6.51. The van der Waals surface area contributed by atoms with Crippen molar-refractivity contribution < 1.29 is 9.53 Å². The lowest BCUT2D eigenvalue weighted by Crippen LogP contribution is -2.27. The molecule has 0 radical (unpaired) electrons. The van der Waals surface area contributed by atoms with E-state index in [-0.39, 0.29) is 11.9 Å². The summed E-state index contributed by atoms with van der Waals surface area (Å²) in [7, 11) is 0. The van der Waals surface area contributed by atoms with Gasteiger partial charge in [-0.05, 0) is 50.6 Å². The summed E-state index contributed by atoms with van der Waals surface area (Å²) in [5.74, 6) is 0.687. The van der Waals surface area contributed by atoms with Crippen LogP contribution in [0.15, 0.2) is 61.2 Å². The molecule has 26 heavy (non-hydrogen) atoms. The quantitative estimate of drug-likeness (QED) is 0.730. The fraction of sp³-hybridized carbons (Fsp3) is 0.238. The van der Waals surface area contributed by atoms with Crippen LogP contribution in [-0.2, 0) is 0 Å². The van der Waals surface area contributed by atoms with E-state index in [0.717, 1.165) is 22.6 Å². The normalized spacial score (nSPS) is 11.8. The number of amides is 1. The van der Waals surface area contributed by atoms with E-state index in [1.54, 1.807) is 12.5 Å². The molecule has 3 aromatic rings. The first-order valence-corrected chi connectivity index (χ1v) is 8.71. The number of aromatic nitrogens is 2. The number of aryl methyl sites for hydroxylation is 1. The van der Waals surface area contributed by atoms with Crippen LogP contribution in [0.4, 0.5) is 0 Å². The maximum Gasteiger partial charge on any atom is 0.253 e. The first kappa shape index (κ1) is 17.7. The van der Waals surface area contributed by atoms with Crippen LogP contribution in [0.25, 0.3) is 5.69 Å². The summed E-state index contributed by atoms with van der Waals surface area (Å²) >= 11 is 0. The highest BCUT2D eigenvalue weighted by Crippen LogP contribution is 2.21. The summed E-state index contributed by atoms with van der Waals surface area (Å²) in [5, 5.41) is 3.08. The lowest BCUT2D eigenvalue weighted by molar-refractivity contribution is 0.0939. The second-order valence-corrected chi connectivity index (χ2v) is 6.19. The lowest BCUT2D eigenvalue weighted by atomic mass is 10.1. The van der Waals surface area contributed by atoms with Crippen molar-refractivity contribution in [2.75, 3.05) is 6.61 Å². The van der Waals surface area contributed by atoms with Gasteiger partial charge in [0.25, 0.3) is 5.91 Å². The van der Waals surface area contributed by atoms with Gasteiger partial charge in [-0.15, -0.1) is 0 Å². The Morgan fingerprint density at radius 1 is 1.27 bits per heavy atom. The molecule has 0 saturated heterocycles. The number of ether oxygens (including phenoxy) is 1. The van der Waals surface area contributed by atoms with Crippen molar-refractivity contribution in [3.8, 4) is 11.4 Å². The molecular weight excluding hydrogens is 326 g/mol. The van der Waals surface area contributed by atoms with Crippen LogP contribution < -0.4 is 10.1 Å². The maximum atomic E-state index is 12.9. The fourth-order valence-electron chi connectivity index (χ4n) is 2.86. The topological polar surface area (TPSA) is 56.1 Å². The van der Waals surface area contributed by atoms with Crippen LogP contribution in [0.5, 0.6) is 5.75 Å². The molecule has 5 heteroatoms. The van der Waals surface area contributed by atoms with Crippen molar-refractivity contribution in [3.63, 3.8) is 0 Å². The second-order valence-electron chi connectivity index (χ2n) is 6.19. The van der Waals surface area contributed by atoms with Gasteiger partial charge in [0.15, 0.2) is 0 Å². The summed E-state index contributed by atoms with van der Waals surface area (Å²) in [6, 6.07) is 13.5. The van der Waals surface area contributed by atoms with Crippen molar-refractivity contribution in [3.05, 3.63) is 77.9 Å². The highest BCUT2D eigenvalue weighted by molar-refractivity contribution is 5.98. The van der Waals surface area contributed by atoms with Gasteiger partial charge in [-0.25, -0.2) is 4.98 Å². The molecule has 2 aromatic carbocycles. The Hall–Kier alpha value is -3.08. The van der Waals surface area contributed by atoms with E-state index in [1.165, 1.54) is 0 Å². The van der Waals surface area contributed by atoms with Crippen molar-refractivity contribution in [2.45, 2.75) is 26.8 Å². The number of benzene rings is 2. The molecule has 0 saturated carbocycles. The second kappa shape index (κ2) is 7.87. The van der Waals surface area contributed by atoms with Crippen molar-refractivity contribution in [2.24, 2.45) is 0 Å². The van der Waals surface area contributed by atoms with E-state index in [0.29, 0.717) is 12.2 Å². The number of carbonyl (C=O) groups is 1. The first-order valence-electron chi connectivity index (χ1n) is 8.71. The fourth-order valence-corrected chi connectivity index (χ4v) is 2.86. The standard InChI is InChI=1S/C21H23N3O2/c1-4-26-18-7-5-6-17(13-18)16(3)23-21(25)19-12-15(2)8-9-20(19)24-11-10-22-14-24/h5-14,16H,4H2,1-3H3,(H,23,25). The van der Waals surface area contributed by atoms with Crippen LogP contribution in [-0.4, -0.2) is 22.1 Å². The summed E-state index contributed by atoms with van der Waals surface area (Å²) in [5.41, 5.74) is 3.46. The monoisotopic (exact) mass is 349 g/mol. The molecule has 0 spiro atoms. The summed E-state index contributed by atoms with van der Waals surface area (Å²) in [6.07, 6.45) is 5.22. The van der Waals surface area contributed by atoms with Gasteiger partial charge in [0.1, 0.15) is 5.75 Å². The zero-order valence-corrected chi connectivity index (χ0v) is 15.3. The minimum atomic E-state index is -0.140. The Morgan fingerprint density at radius 2 is 2.12 bits per heavy atom. The number of nitrogens with zero attached hydrogens (tertiary/aromatic N) is 2. The Labute approximate surface area is 153 Å². The van der Waals surface area contributed by atoms with E-state index in [1.807, 2.05) is 74.0 Å². The highest BCUT2D eigenvalue weighted by atomic mass is 16.5. The predicted molar refractivity (Wildman–Crippen MR) is 102 cm³/mol. The molecule has 1 amide bonds. The molecule has 0 aliphatic rings. The molecule has 0 aliphatic carbocycles. The molecule has 1 atom stereocenters. The Balaban J connectivity index is 1.84. The van der Waals surface area contributed by atoms with E-state index in [4.69, 9.17) is 4.74 Å². The largest absolute Gasteiger partial charge is 0.494 e. The van der Waals surface area contributed by atoms with Crippen LogP contribution in [0.3, 0.4) is 0 Å².